The van der Waals surface area contributed by atoms with Gasteiger partial charge in [-0.1, -0.05) is 0 Å². The molecule has 6 nitrogen and oxygen atoms in total. The van der Waals surface area contributed by atoms with Gasteiger partial charge in [-0.2, -0.15) is 0 Å². The predicted octanol–water partition coefficient (Wildman–Crippen LogP) is 2.38. The first-order valence-electron chi connectivity index (χ1n) is 7.92. The normalized spacial score (nSPS) is 19.8. The van der Waals surface area contributed by atoms with Gasteiger partial charge >= 0.3 is 5.97 Å². The van der Waals surface area contributed by atoms with Gasteiger partial charge in [-0.05, 0) is 50.6 Å². The molecule has 1 aromatic carbocycles. The van der Waals surface area contributed by atoms with Crippen molar-refractivity contribution in [3.05, 3.63) is 24.3 Å². The molecule has 1 aliphatic heterocycles. The Morgan fingerprint density at radius 2 is 2.00 bits per heavy atom. The largest absolute Gasteiger partial charge is 0.493 e. The summed E-state index contributed by atoms with van der Waals surface area (Å²) in [5, 5.41) is 6.29. The third-order valence-electron chi connectivity index (χ3n) is 3.92. The van der Waals surface area contributed by atoms with Crippen molar-refractivity contribution in [1.82, 2.24) is 5.32 Å². The van der Waals surface area contributed by atoms with Crippen LogP contribution < -0.4 is 15.4 Å². The second-order valence-electron chi connectivity index (χ2n) is 5.76. The summed E-state index contributed by atoms with van der Waals surface area (Å²) >= 11 is 0. The molecule has 2 atom stereocenters. The Labute approximate surface area is 148 Å². The van der Waals surface area contributed by atoms with Crippen LogP contribution in [-0.4, -0.2) is 38.2 Å². The molecule has 0 aromatic heterocycles. The molecule has 2 N–H and O–H groups in total. The number of methoxy groups -OCH3 is 1. The van der Waals surface area contributed by atoms with Crippen molar-refractivity contribution in [2.45, 2.75) is 32.2 Å². The summed E-state index contributed by atoms with van der Waals surface area (Å²) in [6.45, 7) is 3.25. The minimum atomic E-state index is -0.301. The van der Waals surface area contributed by atoms with E-state index in [1.54, 1.807) is 24.3 Å². The van der Waals surface area contributed by atoms with E-state index in [9.17, 15) is 9.59 Å². The Morgan fingerprint density at radius 1 is 1.29 bits per heavy atom. The monoisotopic (exact) mass is 356 g/mol. The number of esters is 1. The summed E-state index contributed by atoms with van der Waals surface area (Å²) in [4.78, 5) is 23.3. The number of halogens is 1. The zero-order valence-electron chi connectivity index (χ0n) is 14.0. The molecular formula is C17H25ClN2O4. The van der Waals surface area contributed by atoms with Gasteiger partial charge in [0.05, 0.1) is 20.1 Å². The van der Waals surface area contributed by atoms with Crippen LogP contribution in [0.5, 0.6) is 5.75 Å². The summed E-state index contributed by atoms with van der Waals surface area (Å²) in [5.41, 5.74) is 0.751. The van der Waals surface area contributed by atoms with Gasteiger partial charge in [-0.15, -0.1) is 12.4 Å². The number of amides is 1. The Balaban J connectivity index is 0.00000288. The molecule has 7 heteroatoms. The lowest BCUT2D eigenvalue weighted by molar-refractivity contribution is -0.141. The molecule has 1 aromatic rings. The van der Waals surface area contributed by atoms with Crippen molar-refractivity contribution in [2.75, 3.05) is 25.6 Å². The molecule has 0 unspecified atom stereocenters. The Morgan fingerprint density at radius 3 is 2.62 bits per heavy atom. The second kappa shape index (κ2) is 10.2. The van der Waals surface area contributed by atoms with E-state index >= 15 is 0 Å². The number of carbonyl (C=O) groups excluding carboxylic acids is 2. The number of hydrogen-bond acceptors (Lipinski definition) is 5. The average molecular weight is 357 g/mol. The molecule has 1 saturated heterocycles. The van der Waals surface area contributed by atoms with Gasteiger partial charge in [-0.25, -0.2) is 0 Å². The van der Waals surface area contributed by atoms with Gasteiger partial charge in [0.1, 0.15) is 5.75 Å². The first-order chi connectivity index (χ1) is 11.1. The lowest BCUT2D eigenvalue weighted by Gasteiger charge is -2.27. The SMILES string of the molecule is COC(=O)CCOc1ccc(NC(=O)[C@H]2CCN[C@@H](C)C2)cc1.Cl. The summed E-state index contributed by atoms with van der Waals surface area (Å²) in [6, 6.07) is 7.53. The molecule has 0 radical (unpaired) electrons. The van der Waals surface area contributed by atoms with Crippen LogP contribution in [0.1, 0.15) is 26.2 Å². The maximum absolute atomic E-state index is 12.3. The zero-order valence-corrected chi connectivity index (χ0v) is 14.9. The second-order valence-corrected chi connectivity index (χ2v) is 5.76. The summed E-state index contributed by atoms with van der Waals surface area (Å²) in [6.07, 6.45) is 1.94. The fourth-order valence-electron chi connectivity index (χ4n) is 2.60. The standard InChI is InChI=1S/C17H24N2O4.ClH/c1-12-11-13(7-9-18-12)17(21)19-14-3-5-15(6-4-14)23-10-8-16(20)22-2;/h3-6,12-13,18H,7-11H2,1-2H3,(H,19,21);1H/t12-,13-;/m0./s1. The van der Waals surface area contributed by atoms with E-state index in [4.69, 9.17) is 4.74 Å². The van der Waals surface area contributed by atoms with Crippen molar-refractivity contribution in [3.63, 3.8) is 0 Å². The molecule has 0 spiro atoms. The van der Waals surface area contributed by atoms with Crippen molar-refractivity contribution < 1.29 is 19.1 Å². The predicted molar refractivity (Wildman–Crippen MR) is 94.6 cm³/mol. The Hall–Kier alpha value is -1.79. The first-order valence-corrected chi connectivity index (χ1v) is 7.92. The van der Waals surface area contributed by atoms with Crippen LogP contribution in [0.25, 0.3) is 0 Å². The fraction of sp³-hybridized carbons (Fsp3) is 0.529. The molecule has 134 valence electrons. The maximum Gasteiger partial charge on any atom is 0.308 e. The van der Waals surface area contributed by atoms with Crippen LogP contribution in [0.15, 0.2) is 24.3 Å². The van der Waals surface area contributed by atoms with E-state index in [2.05, 4.69) is 22.3 Å². The fourth-order valence-corrected chi connectivity index (χ4v) is 2.60. The highest BCUT2D eigenvalue weighted by atomic mass is 35.5. The molecule has 1 fully saturated rings. The van der Waals surface area contributed by atoms with E-state index in [0.29, 0.717) is 11.8 Å². The van der Waals surface area contributed by atoms with E-state index in [1.165, 1.54) is 7.11 Å². The topological polar surface area (TPSA) is 76.7 Å². The van der Waals surface area contributed by atoms with Gasteiger partial charge in [0.25, 0.3) is 0 Å². The quantitative estimate of drug-likeness (QED) is 0.765. The highest BCUT2D eigenvalue weighted by molar-refractivity contribution is 5.92. The first kappa shape index (κ1) is 20.3. The number of rotatable bonds is 6. The molecule has 1 heterocycles. The number of carbonyl (C=O) groups is 2. The molecule has 24 heavy (non-hydrogen) atoms. The minimum absolute atomic E-state index is 0. The summed E-state index contributed by atoms with van der Waals surface area (Å²) in [5.74, 6) is 0.479. The Kier molecular flexibility index (Phi) is 8.57. The molecule has 0 saturated carbocycles. The van der Waals surface area contributed by atoms with Gasteiger partial charge in [0.2, 0.25) is 5.91 Å². The molecule has 1 amide bonds. The maximum atomic E-state index is 12.3. The zero-order chi connectivity index (χ0) is 16.7. The van der Waals surface area contributed by atoms with E-state index in [0.717, 1.165) is 25.1 Å². The average Bonchev–Trinajstić information content (AvgIpc) is 2.56. The summed E-state index contributed by atoms with van der Waals surface area (Å²) in [7, 11) is 1.35. The number of ether oxygens (including phenoxy) is 2. The number of benzene rings is 1. The molecule has 0 aliphatic carbocycles. The van der Waals surface area contributed by atoms with Crippen LogP contribution in [-0.2, 0) is 14.3 Å². The summed E-state index contributed by atoms with van der Waals surface area (Å²) < 4.78 is 9.99. The van der Waals surface area contributed by atoms with Crippen LogP contribution in [0.2, 0.25) is 0 Å². The van der Waals surface area contributed by atoms with Crippen LogP contribution in [0.4, 0.5) is 5.69 Å². The lowest BCUT2D eigenvalue weighted by Crippen LogP contribution is -2.40. The van der Waals surface area contributed by atoms with Crippen molar-refractivity contribution in [3.8, 4) is 5.75 Å². The highest BCUT2D eigenvalue weighted by Gasteiger charge is 2.24. The molecule has 2 rings (SSSR count). The molecular weight excluding hydrogens is 332 g/mol. The Bertz CT molecular complexity index is 536. The third-order valence-corrected chi connectivity index (χ3v) is 3.92. The van der Waals surface area contributed by atoms with Gasteiger partial charge in [0, 0.05) is 17.6 Å². The lowest BCUT2D eigenvalue weighted by atomic mass is 9.92. The van der Waals surface area contributed by atoms with Crippen LogP contribution in [0, 0.1) is 5.92 Å². The van der Waals surface area contributed by atoms with E-state index < -0.39 is 0 Å². The smallest absolute Gasteiger partial charge is 0.308 e. The number of piperidine rings is 1. The van der Waals surface area contributed by atoms with Gasteiger partial charge in [-0.3, -0.25) is 9.59 Å². The van der Waals surface area contributed by atoms with Crippen molar-refractivity contribution in [1.29, 1.82) is 0 Å². The van der Waals surface area contributed by atoms with Crippen molar-refractivity contribution >= 4 is 30.0 Å². The van der Waals surface area contributed by atoms with Crippen molar-refractivity contribution in [2.24, 2.45) is 5.92 Å². The van der Waals surface area contributed by atoms with Crippen LogP contribution in [0.3, 0.4) is 0 Å². The molecule has 0 bridgehead atoms. The van der Waals surface area contributed by atoms with E-state index in [-0.39, 0.29) is 43.2 Å². The van der Waals surface area contributed by atoms with Crippen LogP contribution >= 0.6 is 12.4 Å². The molecule has 1 aliphatic rings. The number of anilines is 1. The van der Waals surface area contributed by atoms with E-state index in [1.807, 2.05) is 0 Å². The van der Waals surface area contributed by atoms with Gasteiger partial charge < -0.3 is 20.1 Å². The number of nitrogens with one attached hydrogen (secondary N) is 2. The van der Waals surface area contributed by atoms with Gasteiger partial charge in [0.15, 0.2) is 0 Å². The third kappa shape index (κ3) is 6.37. The number of hydrogen-bond donors (Lipinski definition) is 2. The minimum Gasteiger partial charge on any atom is -0.493 e. The highest BCUT2D eigenvalue weighted by Crippen LogP contribution is 2.20.